The largest absolute Gasteiger partial charge is 0.489 e. The van der Waals surface area contributed by atoms with Gasteiger partial charge in [-0.15, -0.1) is 0 Å². The smallest absolute Gasteiger partial charge is 0.170 e. The lowest BCUT2D eigenvalue weighted by Gasteiger charge is -2.32. The second-order valence-electron chi connectivity index (χ2n) is 6.35. The van der Waals surface area contributed by atoms with Crippen LogP contribution in [0.5, 0.6) is 11.5 Å². The van der Waals surface area contributed by atoms with Gasteiger partial charge in [0, 0.05) is 6.07 Å². The van der Waals surface area contributed by atoms with Crippen LogP contribution in [0.4, 0.5) is 0 Å². The summed E-state index contributed by atoms with van der Waals surface area (Å²) in [5, 5.41) is 0. The lowest BCUT2D eigenvalue weighted by molar-refractivity contribution is 0.0616. The van der Waals surface area contributed by atoms with E-state index in [1.54, 1.807) is 0 Å². The number of fused-ring (bicyclic) bond motifs is 1. The molecule has 0 N–H and O–H groups in total. The second kappa shape index (κ2) is 5.48. The molecule has 0 amide bonds. The molecular formula is C19H20O3. The zero-order valence-corrected chi connectivity index (χ0v) is 13.2. The summed E-state index contributed by atoms with van der Waals surface area (Å²) >= 11 is 0. The number of carbonyl (C=O) groups excluding carboxylic acids is 1. The predicted molar refractivity (Wildman–Crippen MR) is 85.6 cm³/mol. The Morgan fingerprint density at radius 3 is 2.64 bits per heavy atom. The van der Waals surface area contributed by atoms with Gasteiger partial charge >= 0.3 is 0 Å². The number of benzene rings is 2. The van der Waals surface area contributed by atoms with E-state index < -0.39 is 5.60 Å². The fourth-order valence-corrected chi connectivity index (χ4v) is 2.79. The van der Waals surface area contributed by atoms with Crippen molar-refractivity contribution < 1.29 is 14.3 Å². The first-order chi connectivity index (χ1) is 10.4. The van der Waals surface area contributed by atoms with Gasteiger partial charge in [0.15, 0.2) is 5.78 Å². The zero-order valence-electron chi connectivity index (χ0n) is 13.2. The summed E-state index contributed by atoms with van der Waals surface area (Å²) in [4.78, 5) is 12.3. The van der Waals surface area contributed by atoms with E-state index in [1.807, 2.05) is 63.2 Å². The van der Waals surface area contributed by atoms with Gasteiger partial charge in [0.1, 0.15) is 23.7 Å². The Balaban J connectivity index is 1.86. The summed E-state index contributed by atoms with van der Waals surface area (Å²) < 4.78 is 11.8. The summed E-state index contributed by atoms with van der Waals surface area (Å²) in [6.07, 6.45) is 0.408. The SMILES string of the molecule is Cc1cc(OCc2ccccc2)cc2c1C(=O)CC(C)(C)O2. The summed E-state index contributed by atoms with van der Waals surface area (Å²) in [6.45, 7) is 6.28. The highest BCUT2D eigenvalue weighted by atomic mass is 16.5. The van der Waals surface area contributed by atoms with Crippen LogP contribution in [0.3, 0.4) is 0 Å². The number of ether oxygens (including phenoxy) is 2. The molecule has 1 aliphatic heterocycles. The van der Waals surface area contributed by atoms with Crippen molar-refractivity contribution >= 4 is 5.78 Å². The molecule has 2 aromatic carbocycles. The molecule has 0 fully saturated rings. The molecule has 0 atom stereocenters. The molecule has 3 rings (SSSR count). The van der Waals surface area contributed by atoms with Crippen LogP contribution in [0.2, 0.25) is 0 Å². The van der Waals surface area contributed by atoms with Crippen molar-refractivity contribution in [1.82, 2.24) is 0 Å². The van der Waals surface area contributed by atoms with Crippen molar-refractivity contribution in [3.8, 4) is 11.5 Å². The number of Topliss-reactive ketones (excluding diaryl/α,β-unsaturated/α-hetero) is 1. The Bertz CT molecular complexity index is 702. The molecule has 1 heterocycles. The van der Waals surface area contributed by atoms with Gasteiger partial charge in [-0.2, -0.15) is 0 Å². The quantitative estimate of drug-likeness (QED) is 0.846. The van der Waals surface area contributed by atoms with Crippen LogP contribution in [0.25, 0.3) is 0 Å². The molecule has 0 aliphatic carbocycles. The van der Waals surface area contributed by atoms with Crippen LogP contribution in [0, 0.1) is 6.92 Å². The third-order valence-electron chi connectivity index (χ3n) is 3.77. The van der Waals surface area contributed by atoms with Gasteiger partial charge in [-0.1, -0.05) is 30.3 Å². The maximum absolute atomic E-state index is 12.3. The number of hydrogen-bond acceptors (Lipinski definition) is 3. The first-order valence-corrected chi connectivity index (χ1v) is 7.48. The van der Waals surface area contributed by atoms with Crippen LogP contribution >= 0.6 is 0 Å². The standard InChI is InChI=1S/C19H20O3/c1-13-9-15(21-12-14-7-5-4-6-8-14)10-17-18(13)16(20)11-19(2,3)22-17/h4-10H,11-12H2,1-3H3. The molecule has 1 aliphatic rings. The number of aryl methyl sites for hydroxylation is 1. The van der Waals surface area contributed by atoms with Crippen molar-refractivity contribution in [2.24, 2.45) is 0 Å². The van der Waals surface area contributed by atoms with Crippen LogP contribution in [-0.2, 0) is 6.61 Å². The Hall–Kier alpha value is -2.29. The van der Waals surface area contributed by atoms with Gasteiger partial charge in [0.2, 0.25) is 0 Å². The predicted octanol–water partition coefficient (Wildman–Crippen LogP) is 4.32. The molecule has 0 bridgehead atoms. The highest BCUT2D eigenvalue weighted by Gasteiger charge is 2.33. The summed E-state index contributed by atoms with van der Waals surface area (Å²) in [6, 6.07) is 13.7. The van der Waals surface area contributed by atoms with Gasteiger partial charge in [-0.05, 0) is 38.0 Å². The Morgan fingerprint density at radius 2 is 1.91 bits per heavy atom. The molecule has 22 heavy (non-hydrogen) atoms. The molecule has 3 nitrogen and oxygen atoms in total. The van der Waals surface area contributed by atoms with Gasteiger partial charge < -0.3 is 9.47 Å². The van der Waals surface area contributed by atoms with Gasteiger partial charge in [-0.25, -0.2) is 0 Å². The van der Waals surface area contributed by atoms with E-state index in [0.29, 0.717) is 24.3 Å². The maximum atomic E-state index is 12.3. The molecular weight excluding hydrogens is 276 g/mol. The van der Waals surface area contributed by atoms with Crippen LogP contribution in [0.15, 0.2) is 42.5 Å². The van der Waals surface area contributed by atoms with Gasteiger partial charge in [-0.3, -0.25) is 4.79 Å². The topological polar surface area (TPSA) is 35.5 Å². The minimum absolute atomic E-state index is 0.137. The van der Waals surface area contributed by atoms with Crippen molar-refractivity contribution in [2.45, 2.75) is 39.4 Å². The van der Waals surface area contributed by atoms with Crippen LogP contribution < -0.4 is 9.47 Å². The average molecular weight is 296 g/mol. The third kappa shape index (κ3) is 2.98. The van der Waals surface area contributed by atoms with E-state index in [2.05, 4.69) is 0 Å². The van der Waals surface area contributed by atoms with Crippen LogP contribution in [0.1, 0.15) is 41.8 Å². The molecule has 0 unspecified atom stereocenters. The minimum atomic E-state index is -0.464. The average Bonchev–Trinajstić information content (AvgIpc) is 2.44. The number of rotatable bonds is 3. The highest BCUT2D eigenvalue weighted by molar-refractivity contribution is 6.01. The van der Waals surface area contributed by atoms with Crippen molar-refractivity contribution in [3.63, 3.8) is 0 Å². The molecule has 3 heteroatoms. The number of ketones is 1. The van der Waals surface area contributed by atoms with Crippen molar-refractivity contribution in [3.05, 3.63) is 59.2 Å². The molecule has 0 saturated carbocycles. The molecule has 0 radical (unpaired) electrons. The van der Waals surface area contributed by atoms with E-state index in [-0.39, 0.29) is 5.78 Å². The number of hydrogen-bond donors (Lipinski definition) is 0. The monoisotopic (exact) mass is 296 g/mol. The molecule has 0 saturated heterocycles. The Labute approximate surface area is 130 Å². The fourth-order valence-electron chi connectivity index (χ4n) is 2.79. The Morgan fingerprint density at radius 1 is 1.18 bits per heavy atom. The van der Waals surface area contributed by atoms with E-state index >= 15 is 0 Å². The van der Waals surface area contributed by atoms with E-state index in [9.17, 15) is 4.79 Å². The van der Waals surface area contributed by atoms with E-state index in [0.717, 1.165) is 16.9 Å². The summed E-state index contributed by atoms with van der Waals surface area (Å²) in [5.41, 5.74) is 2.23. The van der Waals surface area contributed by atoms with E-state index in [1.165, 1.54) is 0 Å². The normalized spacial score (nSPS) is 15.9. The van der Waals surface area contributed by atoms with E-state index in [4.69, 9.17) is 9.47 Å². The molecule has 0 aromatic heterocycles. The number of carbonyl (C=O) groups is 1. The third-order valence-corrected chi connectivity index (χ3v) is 3.77. The van der Waals surface area contributed by atoms with Gasteiger partial charge in [0.05, 0.1) is 12.0 Å². The second-order valence-corrected chi connectivity index (χ2v) is 6.35. The first kappa shape index (κ1) is 14.6. The molecule has 114 valence electrons. The molecule has 2 aromatic rings. The van der Waals surface area contributed by atoms with Gasteiger partial charge in [0.25, 0.3) is 0 Å². The zero-order chi connectivity index (χ0) is 15.7. The lowest BCUT2D eigenvalue weighted by atomic mass is 9.90. The van der Waals surface area contributed by atoms with Crippen molar-refractivity contribution in [2.75, 3.05) is 0 Å². The van der Waals surface area contributed by atoms with Crippen LogP contribution in [-0.4, -0.2) is 11.4 Å². The molecule has 0 spiro atoms. The Kier molecular flexibility index (Phi) is 3.65. The summed E-state index contributed by atoms with van der Waals surface area (Å²) in [7, 11) is 0. The summed E-state index contributed by atoms with van der Waals surface area (Å²) in [5.74, 6) is 1.49. The maximum Gasteiger partial charge on any atom is 0.170 e. The lowest BCUT2D eigenvalue weighted by Crippen LogP contribution is -2.36. The van der Waals surface area contributed by atoms with Crippen molar-refractivity contribution in [1.29, 1.82) is 0 Å². The minimum Gasteiger partial charge on any atom is -0.489 e. The fraction of sp³-hybridized carbons (Fsp3) is 0.316. The first-order valence-electron chi connectivity index (χ1n) is 7.48. The highest BCUT2D eigenvalue weighted by Crippen LogP contribution is 2.37.